The molecule has 7 heteroatoms. The van der Waals surface area contributed by atoms with Crippen molar-refractivity contribution in [1.29, 1.82) is 0 Å². The number of nitrogens with one attached hydrogen (secondary N) is 1. The Kier molecular flexibility index (Phi) is 11.1. The van der Waals surface area contributed by atoms with Crippen molar-refractivity contribution in [3.8, 4) is 11.5 Å². The Balaban J connectivity index is 1.93. The SMILES string of the molecule is CCOc1ccc(CCC(=O)N(Cc2ccccc2F)[C@H](Cc2ccccc2)C(=O)NC(C)(C)C)cc1OCC. The van der Waals surface area contributed by atoms with E-state index < -0.39 is 17.4 Å². The molecule has 6 nitrogen and oxygen atoms in total. The standard InChI is InChI=1S/C33H41FN2O4/c1-6-39-29-19-17-25(22-30(29)40-7-2)18-20-31(37)36(23-26-15-11-12-16-27(26)34)28(32(38)35-33(3,4)5)21-24-13-9-8-10-14-24/h8-17,19,22,28H,6-7,18,20-21,23H2,1-5H3,(H,35,38)/t28-/m1/s1. The molecule has 0 heterocycles. The molecule has 3 aromatic rings. The average molecular weight is 549 g/mol. The zero-order valence-electron chi connectivity index (χ0n) is 24.2. The lowest BCUT2D eigenvalue weighted by molar-refractivity contribution is -0.142. The Morgan fingerprint density at radius 1 is 0.875 bits per heavy atom. The molecule has 0 aliphatic carbocycles. The lowest BCUT2D eigenvalue weighted by atomic mass is 9.99. The summed E-state index contributed by atoms with van der Waals surface area (Å²) in [5, 5.41) is 3.03. The first kappa shape index (κ1) is 30.7. The molecule has 1 atom stereocenters. The summed E-state index contributed by atoms with van der Waals surface area (Å²) in [7, 11) is 0. The predicted octanol–water partition coefficient (Wildman–Crippen LogP) is 6.11. The van der Waals surface area contributed by atoms with E-state index in [9.17, 15) is 14.0 Å². The number of hydrogen-bond acceptors (Lipinski definition) is 4. The highest BCUT2D eigenvalue weighted by atomic mass is 19.1. The number of hydrogen-bond donors (Lipinski definition) is 1. The van der Waals surface area contributed by atoms with Crippen LogP contribution in [0.5, 0.6) is 11.5 Å². The van der Waals surface area contributed by atoms with Crippen molar-refractivity contribution < 1.29 is 23.5 Å². The fourth-order valence-electron chi connectivity index (χ4n) is 4.46. The molecule has 0 radical (unpaired) electrons. The second-order valence-corrected chi connectivity index (χ2v) is 10.7. The van der Waals surface area contributed by atoms with E-state index >= 15 is 0 Å². The zero-order chi connectivity index (χ0) is 29.1. The van der Waals surface area contributed by atoms with Gasteiger partial charge in [0.05, 0.1) is 13.2 Å². The Hall–Kier alpha value is -3.87. The molecule has 0 spiro atoms. The minimum absolute atomic E-state index is 0.0198. The molecule has 0 aliphatic rings. The molecule has 40 heavy (non-hydrogen) atoms. The van der Waals surface area contributed by atoms with E-state index in [1.165, 1.54) is 11.0 Å². The molecule has 0 aliphatic heterocycles. The van der Waals surface area contributed by atoms with E-state index in [0.29, 0.717) is 43.1 Å². The number of nitrogens with zero attached hydrogens (tertiary/aromatic N) is 1. The minimum Gasteiger partial charge on any atom is -0.490 e. The van der Waals surface area contributed by atoms with Crippen LogP contribution in [0.25, 0.3) is 0 Å². The third-order valence-electron chi connectivity index (χ3n) is 6.30. The molecule has 0 saturated heterocycles. The van der Waals surface area contributed by atoms with Gasteiger partial charge in [-0.1, -0.05) is 54.6 Å². The Morgan fingerprint density at radius 3 is 2.17 bits per heavy atom. The minimum atomic E-state index is -0.826. The number of carbonyl (C=O) groups is 2. The second kappa shape index (κ2) is 14.5. The third-order valence-corrected chi connectivity index (χ3v) is 6.30. The largest absolute Gasteiger partial charge is 0.490 e. The van der Waals surface area contributed by atoms with Crippen molar-refractivity contribution in [3.05, 3.63) is 95.3 Å². The first-order valence-electron chi connectivity index (χ1n) is 13.9. The van der Waals surface area contributed by atoms with Crippen molar-refractivity contribution >= 4 is 11.8 Å². The first-order valence-corrected chi connectivity index (χ1v) is 13.9. The summed E-state index contributed by atoms with van der Waals surface area (Å²) >= 11 is 0. The lowest BCUT2D eigenvalue weighted by Crippen LogP contribution is -2.54. The van der Waals surface area contributed by atoms with E-state index in [4.69, 9.17) is 9.47 Å². The molecule has 3 aromatic carbocycles. The quantitative estimate of drug-likeness (QED) is 0.280. The van der Waals surface area contributed by atoms with Crippen LogP contribution in [-0.4, -0.2) is 41.5 Å². The molecule has 2 amide bonds. The van der Waals surface area contributed by atoms with Crippen LogP contribution in [0.15, 0.2) is 72.8 Å². The predicted molar refractivity (Wildman–Crippen MR) is 156 cm³/mol. The molecular formula is C33H41FN2O4. The number of carbonyl (C=O) groups excluding carboxylic acids is 2. The molecule has 0 fully saturated rings. The number of rotatable bonds is 13. The van der Waals surface area contributed by atoms with Crippen LogP contribution in [0, 0.1) is 5.82 Å². The van der Waals surface area contributed by atoms with E-state index in [0.717, 1.165) is 11.1 Å². The number of aryl methyl sites for hydroxylation is 1. The fraction of sp³-hybridized carbons (Fsp3) is 0.394. The fourth-order valence-corrected chi connectivity index (χ4v) is 4.46. The first-order chi connectivity index (χ1) is 19.1. The van der Waals surface area contributed by atoms with E-state index in [1.54, 1.807) is 18.2 Å². The van der Waals surface area contributed by atoms with Crippen molar-refractivity contribution in [2.75, 3.05) is 13.2 Å². The van der Waals surface area contributed by atoms with Gasteiger partial charge in [-0.15, -0.1) is 0 Å². The molecule has 0 saturated carbocycles. The summed E-state index contributed by atoms with van der Waals surface area (Å²) < 4.78 is 26.2. The van der Waals surface area contributed by atoms with Crippen LogP contribution in [-0.2, 0) is 29.0 Å². The maximum absolute atomic E-state index is 14.8. The Bertz CT molecular complexity index is 1260. The molecule has 0 aromatic heterocycles. The van der Waals surface area contributed by atoms with Gasteiger partial charge in [-0.05, 0) is 70.4 Å². The third kappa shape index (κ3) is 9.11. The maximum atomic E-state index is 14.8. The molecule has 0 unspecified atom stereocenters. The average Bonchev–Trinajstić information content (AvgIpc) is 2.91. The Labute approximate surface area is 237 Å². The number of ether oxygens (including phenoxy) is 2. The monoisotopic (exact) mass is 548 g/mol. The van der Waals surface area contributed by atoms with Gasteiger partial charge in [0.15, 0.2) is 11.5 Å². The van der Waals surface area contributed by atoms with Crippen molar-refractivity contribution in [1.82, 2.24) is 10.2 Å². The molecule has 0 bridgehead atoms. The van der Waals surface area contributed by atoms with Crippen molar-refractivity contribution in [3.63, 3.8) is 0 Å². The second-order valence-electron chi connectivity index (χ2n) is 10.7. The zero-order valence-corrected chi connectivity index (χ0v) is 24.2. The number of halogens is 1. The molecular weight excluding hydrogens is 507 g/mol. The van der Waals surface area contributed by atoms with Gasteiger partial charge in [0.1, 0.15) is 11.9 Å². The highest BCUT2D eigenvalue weighted by Gasteiger charge is 2.32. The van der Waals surface area contributed by atoms with Gasteiger partial charge in [-0.2, -0.15) is 0 Å². The van der Waals surface area contributed by atoms with Gasteiger partial charge in [-0.3, -0.25) is 9.59 Å². The van der Waals surface area contributed by atoms with Crippen LogP contribution in [0.1, 0.15) is 57.7 Å². The van der Waals surface area contributed by atoms with Gasteiger partial charge in [0.25, 0.3) is 0 Å². The summed E-state index contributed by atoms with van der Waals surface area (Å²) in [5.74, 6) is 0.357. The smallest absolute Gasteiger partial charge is 0.243 e. The van der Waals surface area contributed by atoms with Crippen LogP contribution in [0.2, 0.25) is 0 Å². The van der Waals surface area contributed by atoms with Gasteiger partial charge in [0.2, 0.25) is 11.8 Å². The van der Waals surface area contributed by atoms with Gasteiger partial charge in [0, 0.05) is 30.5 Å². The molecule has 214 valence electrons. The van der Waals surface area contributed by atoms with Gasteiger partial charge >= 0.3 is 0 Å². The van der Waals surface area contributed by atoms with Crippen LogP contribution in [0.3, 0.4) is 0 Å². The van der Waals surface area contributed by atoms with E-state index in [1.807, 2.05) is 83.1 Å². The van der Waals surface area contributed by atoms with Crippen LogP contribution < -0.4 is 14.8 Å². The molecule has 3 rings (SSSR count). The van der Waals surface area contributed by atoms with E-state index in [-0.39, 0.29) is 24.8 Å². The summed E-state index contributed by atoms with van der Waals surface area (Å²) in [6, 6.07) is 20.8. The highest BCUT2D eigenvalue weighted by Crippen LogP contribution is 2.29. The normalized spacial score (nSPS) is 11.9. The number of benzene rings is 3. The van der Waals surface area contributed by atoms with Gasteiger partial charge in [-0.25, -0.2) is 4.39 Å². The topological polar surface area (TPSA) is 67.9 Å². The van der Waals surface area contributed by atoms with Crippen LogP contribution in [0.4, 0.5) is 4.39 Å². The Morgan fingerprint density at radius 2 is 1.52 bits per heavy atom. The van der Waals surface area contributed by atoms with E-state index in [2.05, 4.69) is 5.32 Å². The van der Waals surface area contributed by atoms with Crippen molar-refractivity contribution in [2.24, 2.45) is 0 Å². The summed E-state index contributed by atoms with van der Waals surface area (Å²) in [6.07, 6.45) is 0.876. The summed E-state index contributed by atoms with van der Waals surface area (Å²) in [4.78, 5) is 29.0. The highest BCUT2D eigenvalue weighted by molar-refractivity contribution is 5.88. The van der Waals surface area contributed by atoms with Crippen LogP contribution >= 0.6 is 0 Å². The lowest BCUT2D eigenvalue weighted by Gasteiger charge is -2.34. The maximum Gasteiger partial charge on any atom is 0.243 e. The summed E-state index contributed by atoms with van der Waals surface area (Å²) in [6.45, 7) is 10.5. The van der Waals surface area contributed by atoms with Gasteiger partial charge < -0.3 is 19.7 Å². The number of amides is 2. The van der Waals surface area contributed by atoms with Crippen molar-refractivity contribution in [2.45, 2.75) is 72.0 Å². The molecule has 1 N–H and O–H groups in total. The summed E-state index contributed by atoms with van der Waals surface area (Å²) in [5.41, 5.74) is 1.68.